The molecule has 0 aliphatic carbocycles. The average molecular weight is 499 g/mol. The molecular weight excluding hydrogens is 432 g/mol. The van der Waals surface area contributed by atoms with Crippen LogP contribution in [0.1, 0.15) is 182 Å². The summed E-state index contributed by atoms with van der Waals surface area (Å²) < 4.78 is 10.2. The molecule has 0 aromatic heterocycles. The number of carbonyl (C=O) groups is 1. The zero-order chi connectivity index (χ0) is 26.1. The molecule has 0 fully saturated rings. The van der Waals surface area contributed by atoms with Crippen LogP contribution in [-0.2, 0) is 14.3 Å². The minimum atomic E-state index is 0.0222. The third-order valence-electron chi connectivity index (χ3n) is 6.65. The van der Waals surface area contributed by atoms with Crippen LogP contribution in [0.3, 0.4) is 0 Å². The predicted molar refractivity (Wildman–Crippen MR) is 155 cm³/mol. The minimum Gasteiger partial charge on any atom is -0.466 e. The van der Waals surface area contributed by atoms with Gasteiger partial charge in [-0.05, 0) is 26.7 Å². The van der Waals surface area contributed by atoms with Crippen molar-refractivity contribution >= 4 is 5.97 Å². The van der Waals surface area contributed by atoms with Gasteiger partial charge in [-0.1, -0.05) is 149 Å². The molecule has 0 saturated carbocycles. The van der Waals surface area contributed by atoms with E-state index < -0.39 is 0 Å². The van der Waals surface area contributed by atoms with Gasteiger partial charge in [0.05, 0.1) is 6.61 Å². The van der Waals surface area contributed by atoms with Crippen LogP contribution in [0, 0.1) is 0 Å². The van der Waals surface area contributed by atoms with E-state index in [-0.39, 0.29) is 5.97 Å². The maximum atomic E-state index is 11.8. The second kappa shape index (κ2) is 35.6. The first kappa shape index (κ1) is 36.6. The second-order valence-corrected chi connectivity index (χ2v) is 10.2. The van der Waals surface area contributed by atoms with Crippen molar-refractivity contribution in [2.24, 2.45) is 0 Å². The van der Waals surface area contributed by atoms with Crippen molar-refractivity contribution in [3.63, 3.8) is 0 Å². The number of hydrogen-bond acceptors (Lipinski definition) is 3. The molecule has 35 heavy (non-hydrogen) atoms. The molecule has 0 atom stereocenters. The molecule has 0 aliphatic rings. The standard InChI is InChI=1S/C28H56O2.C4H10O/c1-3-5-7-9-11-13-15-17-19-21-23-25-27-30-28(29)26-24-22-20-18-16-14-12-10-8-6-4-2;1-3-5-4-2/h3-27H2,1-2H3;3-4H2,1-2H3. The Kier molecular flexibility index (Phi) is 37.2. The molecule has 0 aromatic carbocycles. The van der Waals surface area contributed by atoms with E-state index in [1.165, 1.54) is 135 Å². The predicted octanol–water partition coefficient (Wildman–Crippen LogP) is 11.0. The van der Waals surface area contributed by atoms with Crippen LogP contribution in [-0.4, -0.2) is 25.8 Å². The van der Waals surface area contributed by atoms with Crippen LogP contribution in [0.2, 0.25) is 0 Å². The van der Waals surface area contributed by atoms with Crippen molar-refractivity contribution in [2.75, 3.05) is 19.8 Å². The summed E-state index contributed by atoms with van der Waals surface area (Å²) in [7, 11) is 0. The largest absolute Gasteiger partial charge is 0.466 e. The lowest BCUT2D eigenvalue weighted by Crippen LogP contribution is -2.05. The Bertz CT molecular complexity index is 368. The van der Waals surface area contributed by atoms with Crippen LogP contribution in [0.4, 0.5) is 0 Å². The zero-order valence-corrected chi connectivity index (χ0v) is 24.8. The van der Waals surface area contributed by atoms with Gasteiger partial charge in [-0.15, -0.1) is 0 Å². The fourth-order valence-corrected chi connectivity index (χ4v) is 4.34. The van der Waals surface area contributed by atoms with E-state index in [0.29, 0.717) is 13.0 Å². The Morgan fingerprint density at radius 3 is 1.06 bits per heavy atom. The first-order chi connectivity index (χ1) is 17.2. The summed E-state index contributed by atoms with van der Waals surface area (Å²) in [5.41, 5.74) is 0. The molecule has 3 heteroatoms. The number of ether oxygens (including phenoxy) is 2. The van der Waals surface area contributed by atoms with Crippen molar-refractivity contribution < 1.29 is 14.3 Å². The van der Waals surface area contributed by atoms with Gasteiger partial charge in [-0.3, -0.25) is 4.79 Å². The number of hydrogen-bond donors (Lipinski definition) is 0. The Hall–Kier alpha value is -0.570. The summed E-state index contributed by atoms with van der Waals surface area (Å²) in [6.07, 6.45) is 31.3. The molecule has 0 spiro atoms. The minimum absolute atomic E-state index is 0.0222. The van der Waals surface area contributed by atoms with Gasteiger partial charge in [0.25, 0.3) is 0 Å². The molecule has 0 aliphatic heterocycles. The molecule has 212 valence electrons. The summed E-state index contributed by atoms with van der Waals surface area (Å²) in [4.78, 5) is 11.8. The highest BCUT2D eigenvalue weighted by molar-refractivity contribution is 5.69. The van der Waals surface area contributed by atoms with Gasteiger partial charge in [0.2, 0.25) is 0 Å². The van der Waals surface area contributed by atoms with Gasteiger partial charge in [0.1, 0.15) is 0 Å². The van der Waals surface area contributed by atoms with Crippen LogP contribution in [0.5, 0.6) is 0 Å². The SMILES string of the molecule is CCCCCCCCCCCCCCOC(=O)CCCCCCCCCCCCC.CCOCC. The van der Waals surface area contributed by atoms with E-state index in [1.54, 1.807) is 0 Å². The van der Waals surface area contributed by atoms with E-state index >= 15 is 0 Å². The van der Waals surface area contributed by atoms with Gasteiger partial charge in [-0.2, -0.15) is 0 Å². The summed E-state index contributed by atoms with van der Waals surface area (Å²) in [6.45, 7) is 10.9. The van der Waals surface area contributed by atoms with Crippen LogP contribution < -0.4 is 0 Å². The van der Waals surface area contributed by atoms with E-state index in [2.05, 4.69) is 13.8 Å². The molecule has 0 saturated heterocycles. The van der Waals surface area contributed by atoms with Crippen molar-refractivity contribution in [3.05, 3.63) is 0 Å². The fraction of sp³-hybridized carbons (Fsp3) is 0.969. The van der Waals surface area contributed by atoms with E-state index in [9.17, 15) is 4.79 Å². The third kappa shape index (κ3) is 38.1. The topological polar surface area (TPSA) is 35.5 Å². The molecule has 0 heterocycles. The number of esters is 1. The van der Waals surface area contributed by atoms with Gasteiger partial charge < -0.3 is 9.47 Å². The van der Waals surface area contributed by atoms with E-state index in [4.69, 9.17) is 9.47 Å². The quantitative estimate of drug-likeness (QED) is 0.0834. The summed E-state index contributed by atoms with van der Waals surface area (Å²) >= 11 is 0. The van der Waals surface area contributed by atoms with Gasteiger partial charge >= 0.3 is 5.97 Å². The highest BCUT2D eigenvalue weighted by Gasteiger charge is 2.02. The highest BCUT2D eigenvalue weighted by atomic mass is 16.5. The van der Waals surface area contributed by atoms with Gasteiger partial charge in [0, 0.05) is 19.6 Å². The molecule has 0 unspecified atom stereocenters. The van der Waals surface area contributed by atoms with Crippen molar-refractivity contribution in [2.45, 2.75) is 182 Å². The first-order valence-corrected chi connectivity index (χ1v) is 16.0. The maximum absolute atomic E-state index is 11.8. The number of unbranched alkanes of at least 4 members (excludes halogenated alkanes) is 21. The molecule has 0 N–H and O–H groups in total. The monoisotopic (exact) mass is 499 g/mol. The number of carbonyl (C=O) groups excluding carboxylic acids is 1. The lowest BCUT2D eigenvalue weighted by molar-refractivity contribution is -0.143. The lowest BCUT2D eigenvalue weighted by Gasteiger charge is -2.06. The van der Waals surface area contributed by atoms with E-state index in [0.717, 1.165) is 26.1 Å². The lowest BCUT2D eigenvalue weighted by atomic mass is 10.1. The summed E-state index contributed by atoms with van der Waals surface area (Å²) in [6, 6.07) is 0. The molecule has 3 nitrogen and oxygen atoms in total. The first-order valence-electron chi connectivity index (χ1n) is 16.0. The highest BCUT2D eigenvalue weighted by Crippen LogP contribution is 2.13. The molecule has 0 amide bonds. The smallest absolute Gasteiger partial charge is 0.305 e. The van der Waals surface area contributed by atoms with Crippen molar-refractivity contribution in [1.29, 1.82) is 0 Å². The Labute approximate surface area is 221 Å². The summed E-state index contributed by atoms with van der Waals surface area (Å²) in [5, 5.41) is 0. The Morgan fingerprint density at radius 2 is 0.743 bits per heavy atom. The maximum Gasteiger partial charge on any atom is 0.305 e. The average Bonchev–Trinajstić information content (AvgIpc) is 2.86. The third-order valence-corrected chi connectivity index (χ3v) is 6.65. The Balaban J connectivity index is 0. The van der Waals surface area contributed by atoms with Crippen LogP contribution in [0.25, 0.3) is 0 Å². The molecule has 0 rings (SSSR count). The fourth-order valence-electron chi connectivity index (χ4n) is 4.34. The second-order valence-electron chi connectivity index (χ2n) is 10.2. The normalized spacial score (nSPS) is 10.7. The molecule has 0 aromatic rings. The van der Waals surface area contributed by atoms with Gasteiger partial charge in [-0.25, -0.2) is 0 Å². The Morgan fingerprint density at radius 1 is 0.429 bits per heavy atom. The van der Waals surface area contributed by atoms with Gasteiger partial charge in [0.15, 0.2) is 0 Å². The zero-order valence-electron chi connectivity index (χ0n) is 24.8. The molecular formula is C32H66O3. The summed E-state index contributed by atoms with van der Waals surface area (Å²) in [5.74, 6) is 0.0222. The van der Waals surface area contributed by atoms with Crippen LogP contribution >= 0.6 is 0 Å². The van der Waals surface area contributed by atoms with Crippen LogP contribution in [0.15, 0.2) is 0 Å². The number of rotatable bonds is 27. The molecule has 0 radical (unpaired) electrons. The molecule has 0 bridgehead atoms. The van der Waals surface area contributed by atoms with E-state index in [1.807, 2.05) is 13.8 Å². The van der Waals surface area contributed by atoms with Crippen molar-refractivity contribution in [1.82, 2.24) is 0 Å². The van der Waals surface area contributed by atoms with Crippen molar-refractivity contribution in [3.8, 4) is 0 Å².